The second-order valence-electron chi connectivity index (χ2n) is 6.63. The second-order valence-corrected chi connectivity index (χ2v) is 6.63. The topological polar surface area (TPSA) is 174 Å². The van der Waals surface area contributed by atoms with Crippen molar-refractivity contribution >= 4 is 22.9 Å². The van der Waals surface area contributed by atoms with E-state index in [9.17, 15) is 15.0 Å². The minimum absolute atomic E-state index is 0.0804. The monoisotopic (exact) mass is 365 g/mol. The molecule has 0 saturated carbocycles. The third kappa shape index (κ3) is 3.09. The summed E-state index contributed by atoms with van der Waals surface area (Å²) in [5.74, 6) is -0.300. The summed E-state index contributed by atoms with van der Waals surface area (Å²) in [6, 6.07) is -1.59. The van der Waals surface area contributed by atoms with E-state index >= 15 is 0 Å². The molecule has 5 atom stereocenters. The zero-order chi connectivity index (χ0) is 19.0. The van der Waals surface area contributed by atoms with Gasteiger partial charge in [0.05, 0.1) is 19.0 Å². The molecule has 0 spiro atoms. The quantitative estimate of drug-likeness (QED) is 0.406. The molecule has 7 N–H and O–H groups in total. The molecule has 1 saturated heterocycles. The first kappa shape index (κ1) is 18.5. The van der Waals surface area contributed by atoms with Crippen LogP contribution in [-0.4, -0.2) is 66.5 Å². The van der Waals surface area contributed by atoms with E-state index in [1.807, 2.05) is 13.8 Å². The van der Waals surface area contributed by atoms with Crippen molar-refractivity contribution < 1.29 is 19.7 Å². The average molecular weight is 365 g/mol. The second kappa shape index (κ2) is 7.11. The number of rotatable bonds is 5. The lowest BCUT2D eigenvalue weighted by atomic mass is 10.0. The predicted octanol–water partition coefficient (Wildman–Crippen LogP) is -1.87. The summed E-state index contributed by atoms with van der Waals surface area (Å²) in [7, 11) is 0. The summed E-state index contributed by atoms with van der Waals surface area (Å²) in [6.45, 7) is 3.23. The molecule has 1 aliphatic heterocycles. The number of hydrogen-bond donors (Lipinski definition) is 5. The van der Waals surface area contributed by atoms with Gasteiger partial charge in [-0.2, -0.15) is 0 Å². The number of carbonyl (C=O) groups is 1. The van der Waals surface area contributed by atoms with Crippen LogP contribution in [0.3, 0.4) is 0 Å². The van der Waals surface area contributed by atoms with Gasteiger partial charge in [0.15, 0.2) is 17.7 Å². The standard InChI is InChI=1S/C15H23N7O4/c1-6(2)8(16)14(25)21-9-11(24)7(3-23)26-15(9)22-5-20-10-12(17)18-4-19-13(10)22/h4-9,11,15,23-24H,3,16H2,1-2H3,(H,21,25)(H2,17,18,19)/t7-,8?,9+,11?,15-/m1/s1. The summed E-state index contributed by atoms with van der Waals surface area (Å²) >= 11 is 0. The van der Waals surface area contributed by atoms with Crippen molar-refractivity contribution in [3.63, 3.8) is 0 Å². The normalized spacial score (nSPS) is 27.2. The molecule has 0 aliphatic carbocycles. The van der Waals surface area contributed by atoms with Crippen LogP contribution in [0, 0.1) is 5.92 Å². The summed E-state index contributed by atoms with van der Waals surface area (Å²) in [5, 5.41) is 22.7. The Kier molecular flexibility index (Phi) is 5.05. The van der Waals surface area contributed by atoms with Gasteiger partial charge >= 0.3 is 0 Å². The molecular formula is C15H23N7O4. The maximum absolute atomic E-state index is 12.4. The molecule has 0 bridgehead atoms. The Morgan fingerprint density at radius 3 is 2.81 bits per heavy atom. The van der Waals surface area contributed by atoms with Crippen molar-refractivity contribution in [2.45, 2.75) is 44.4 Å². The van der Waals surface area contributed by atoms with Crippen LogP contribution in [0.1, 0.15) is 20.1 Å². The molecule has 2 aromatic rings. The zero-order valence-electron chi connectivity index (χ0n) is 14.5. The van der Waals surface area contributed by atoms with E-state index in [1.54, 1.807) is 0 Å². The van der Waals surface area contributed by atoms with Crippen LogP contribution in [0.4, 0.5) is 5.82 Å². The van der Waals surface area contributed by atoms with Crippen molar-refractivity contribution in [2.24, 2.45) is 11.7 Å². The van der Waals surface area contributed by atoms with Gasteiger partial charge in [0.1, 0.15) is 30.1 Å². The molecule has 0 aromatic carbocycles. The Morgan fingerprint density at radius 2 is 2.15 bits per heavy atom. The van der Waals surface area contributed by atoms with Crippen LogP contribution >= 0.6 is 0 Å². The van der Waals surface area contributed by atoms with E-state index in [1.165, 1.54) is 17.2 Å². The molecule has 11 heteroatoms. The molecule has 1 amide bonds. The van der Waals surface area contributed by atoms with Gasteiger partial charge in [0, 0.05) is 0 Å². The van der Waals surface area contributed by atoms with Crippen molar-refractivity contribution in [1.29, 1.82) is 0 Å². The van der Waals surface area contributed by atoms with Crippen molar-refractivity contribution in [3.8, 4) is 0 Å². The van der Waals surface area contributed by atoms with E-state index in [0.29, 0.717) is 11.2 Å². The van der Waals surface area contributed by atoms with Gasteiger partial charge in [0.2, 0.25) is 5.91 Å². The van der Waals surface area contributed by atoms with E-state index in [0.717, 1.165) is 0 Å². The first-order valence-corrected chi connectivity index (χ1v) is 8.28. The van der Waals surface area contributed by atoms with Gasteiger partial charge in [0.25, 0.3) is 0 Å². The highest BCUT2D eigenvalue weighted by Crippen LogP contribution is 2.32. The van der Waals surface area contributed by atoms with Gasteiger partial charge in [-0.05, 0) is 5.92 Å². The minimum atomic E-state index is -1.13. The third-order valence-electron chi connectivity index (χ3n) is 4.54. The highest BCUT2D eigenvalue weighted by Gasteiger charge is 2.46. The highest BCUT2D eigenvalue weighted by molar-refractivity contribution is 5.82. The van der Waals surface area contributed by atoms with Gasteiger partial charge in [-0.15, -0.1) is 0 Å². The number of amides is 1. The van der Waals surface area contributed by atoms with Crippen LogP contribution in [0.15, 0.2) is 12.7 Å². The number of nitrogens with one attached hydrogen (secondary N) is 1. The van der Waals surface area contributed by atoms with Gasteiger partial charge in [-0.1, -0.05) is 13.8 Å². The third-order valence-corrected chi connectivity index (χ3v) is 4.54. The number of hydrogen-bond acceptors (Lipinski definition) is 9. The SMILES string of the molecule is CC(C)C(N)C(=O)N[C@H]1C(O)[C@@H](CO)O[C@H]1n1cnc2c(N)ncnc21. The Morgan fingerprint density at radius 1 is 1.42 bits per heavy atom. The number of aliphatic hydroxyl groups is 2. The fourth-order valence-corrected chi connectivity index (χ4v) is 2.91. The number of aliphatic hydroxyl groups excluding tert-OH is 2. The number of ether oxygens (including phenoxy) is 1. The zero-order valence-corrected chi connectivity index (χ0v) is 14.5. The van der Waals surface area contributed by atoms with E-state index in [-0.39, 0.29) is 11.7 Å². The van der Waals surface area contributed by atoms with Gasteiger partial charge < -0.3 is 31.7 Å². The molecule has 26 heavy (non-hydrogen) atoms. The molecule has 11 nitrogen and oxygen atoms in total. The molecule has 2 unspecified atom stereocenters. The Bertz CT molecular complexity index is 795. The number of imidazole rings is 1. The van der Waals surface area contributed by atoms with Crippen molar-refractivity contribution in [1.82, 2.24) is 24.8 Å². The fraction of sp³-hybridized carbons (Fsp3) is 0.600. The number of fused-ring (bicyclic) bond motifs is 1. The van der Waals surface area contributed by atoms with Crippen molar-refractivity contribution in [3.05, 3.63) is 12.7 Å². The highest BCUT2D eigenvalue weighted by atomic mass is 16.5. The summed E-state index contributed by atoms with van der Waals surface area (Å²) in [4.78, 5) is 24.6. The summed E-state index contributed by atoms with van der Waals surface area (Å²) in [6.07, 6.45) is -0.131. The number of nitrogen functional groups attached to an aromatic ring is 1. The molecule has 1 aliphatic rings. The van der Waals surface area contributed by atoms with Crippen LogP contribution < -0.4 is 16.8 Å². The summed E-state index contributed by atoms with van der Waals surface area (Å²) in [5.41, 5.74) is 12.4. The fourth-order valence-electron chi connectivity index (χ4n) is 2.91. The maximum Gasteiger partial charge on any atom is 0.237 e. The van der Waals surface area contributed by atoms with E-state index in [2.05, 4.69) is 20.3 Å². The average Bonchev–Trinajstić information content (AvgIpc) is 3.17. The lowest BCUT2D eigenvalue weighted by Crippen LogP contribution is -2.53. The predicted molar refractivity (Wildman–Crippen MR) is 91.5 cm³/mol. The smallest absolute Gasteiger partial charge is 0.237 e. The number of anilines is 1. The molecule has 3 rings (SSSR count). The Hall–Kier alpha value is -2.34. The first-order valence-electron chi connectivity index (χ1n) is 8.28. The largest absolute Gasteiger partial charge is 0.394 e. The lowest BCUT2D eigenvalue weighted by molar-refractivity contribution is -0.125. The maximum atomic E-state index is 12.4. The summed E-state index contributed by atoms with van der Waals surface area (Å²) < 4.78 is 7.27. The first-order chi connectivity index (χ1) is 12.3. The molecular weight excluding hydrogens is 342 g/mol. The van der Waals surface area contributed by atoms with Crippen LogP contribution in [-0.2, 0) is 9.53 Å². The number of aromatic nitrogens is 4. The number of nitrogens with zero attached hydrogens (tertiary/aromatic N) is 4. The Balaban J connectivity index is 1.94. The van der Waals surface area contributed by atoms with Crippen LogP contribution in [0.2, 0.25) is 0 Å². The number of carbonyl (C=O) groups excluding carboxylic acids is 1. The Labute approximate surface area is 149 Å². The molecule has 1 fully saturated rings. The molecule has 0 radical (unpaired) electrons. The minimum Gasteiger partial charge on any atom is -0.394 e. The van der Waals surface area contributed by atoms with Gasteiger partial charge in [-0.25, -0.2) is 15.0 Å². The van der Waals surface area contributed by atoms with Crippen LogP contribution in [0.25, 0.3) is 11.2 Å². The van der Waals surface area contributed by atoms with E-state index < -0.39 is 43.0 Å². The molecule has 2 aromatic heterocycles. The van der Waals surface area contributed by atoms with E-state index in [4.69, 9.17) is 16.2 Å². The number of nitrogens with two attached hydrogens (primary N) is 2. The molecule has 3 heterocycles. The van der Waals surface area contributed by atoms with Gasteiger partial charge in [-0.3, -0.25) is 9.36 Å². The van der Waals surface area contributed by atoms with Crippen LogP contribution in [0.5, 0.6) is 0 Å². The lowest BCUT2D eigenvalue weighted by Gasteiger charge is -2.25. The molecule has 142 valence electrons. The van der Waals surface area contributed by atoms with Crippen molar-refractivity contribution in [2.75, 3.05) is 12.3 Å².